The van der Waals surface area contributed by atoms with Crippen LogP contribution in [0.2, 0.25) is 0 Å². The van der Waals surface area contributed by atoms with Crippen molar-refractivity contribution in [3.05, 3.63) is 0 Å². The van der Waals surface area contributed by atoms with Gasteiger partial charge in [0.05, 0.1) is 5.60 Å². The molecule has 14 heavy (non-hydrogen) atoms. The van der Waals surface area contributed by atoms with E-state index < -0.39 is 5.60 Å². The van der Waals surface area contributed by atoms with Gasteiger partial charge in [-0.15, -0.1) is 0 Å². The van der Waals surface area contributed by atoms with Gasteiger partial charge in [-0.3, -0.25) is 0 Å². The first-order chi connectivity index (χ1) is 6.02. The van der Waals surface area contributed by atoms with Crippen molar-refractivity contribution in [2.24, 2.45) is 5.41 Å². The van der Waals surface area contributed by atoms with Gasteiger partial charge >= 0.3 is 0 Å². The van der Waals surface area contributed by atoms with Crippen LogP contribution >= 0.6 is 0 Å². The van der Waals surface area contributed by atoms with Crippen molar-refractivity contribution in [2.45, 2.75) is 52.7 Å². The third kappa shape index (κ3) is 3.95. The second kappa shape index (κ2) is 4.17. The molecular formula is C11H25NO2. The second-order valence-corrected chi connectivity index (χ2v) is 5.86. The summed E-state index contributed by atoms with van der Waals surface area (Å²) in [5.74, 6) is 0. The Morgan fingerprint density at radius 2 is 1.43 bits per heavy atom. The summed E-state index contributed by atoms with van der Waals surface area (Å²) in [6.45, 7) is 12.3. The Morgan fingerprint density at radius 3 is 1.71 bits per heavy atom. The third-order valence-electron chi connectivity index (χ3n) is 2.97. The molecule has 0 saturated carbocycles. The summed E-state index contributed by atoms with van der Waals surface area (Å²) in [7, 11) is 0. The molecule has 0 rings (SSSR count). The van der Waals surface area contributed by atoms with Crippen LogP contribution in [0.5, 0.6) is 0 Å². The van der Waals surface area contributed by atoms with Crippen LogP contribution in [-0.4, -0.2) is 34.5 Å². The van der Waals surface area contributed by atoms with Crippen LogP contribution < -0.4 is 5.32 Å². The maximum absolute atomic E-state index is 9.89. The number of nitrogens with one attached hydrogen (secondary N) is 1. The van der Waals surface area contributed by atoms with E-state index in [0.717, 1.165) is 0 Å². The molecule has 0 aromatic carbocycles. The van der Waals surface area contributed by atoms with Crippen LogP contribution in [0, 0.1) is 5.41 Å². The maximum atomic E-state index is 9.89. The minimum atomic E-state index is -0.779. The molecule has 3 N–H and O–H groups in total. The Morgan fingerprint density at radius 1 is 1.00 bits per heavy atom. The van der Waals surface area contributed by atoms with Gasteiger partial charge in [-0.25, -0.2) is 0 Å². The van der Waals surface area contributed by atoms with Gasteiger partial charge in [0.15, 0.2) is 0 Å². The highest BCUT2D eigenvalue weighted by molar-refractivity contribution is 4.94. The largest absolute Gasteiger partial charge is 0.396 e. The molecular weight excluding hydrogens is 178 g/mol. The van der Waals surface area contributed by atoms with Crippen LogP contribution in [0.15, 0.2) is 0 Å². The van der Waals surface area contributed by atoms with Crippen LogP contribution in [0.3, 0.4) is 0 Å². The van der Waals surface area contributed by atoms with E-state index in [2.05, 4.69) is 5.32 Å². The molecule has 0 atom stereocenters. The molecule has 0 unspecified atom stereocenters. The summed E-state index contributed by atoms with van der Waals surface area (Å²) in [4.78, 5) is 0. The van der Waals surface area contributed by atoms with Crippen molar-refractivity contribution in [2.75, 3.05) is 13.2 Å². The van der Waals surface area contributed by atoms with Crippen molar-refractivity contribution in [3.63, 3.8) is 0 Å². The zero-order chi connectivity index (χ0) is 11.6. The first kappa shape index (κ1) is 13.9. The number of hydrogen-bond donors (Lipinski definition) is 3. The fourth-order valence-electron chi connectivity index (χ4n) is 0.732. The lowest BCUT2D eigenvalue weighted by Crippen LogP contribution is -2.57. The van der Waals surface area contributed by atoms with Crippen LogP contribution in [0.1, 0.15) is 41.5 Å². The van der Waals surface area contributed by atoms with Gasteiger partial charge in [-0.2, -0.15) is 0 Å². The van der Waals surface area contributed by atoms with Crippen molar-refractivity contribution >= 4 is 0 Å². The summed E-state index contributed by atoms with van der Waals surface area (Å²) in [6, 6.07) is 0. The molecule has 0 bridgehead atoms. The molecule has 0 aliphatic carbocycles. The van der Waals surface area contributed by atoms with E-state index in [4.69, 9.17) is 5.11 Å². The molecule has 0 aromatic rings. The molecule has 0 radical (unpaired) electrons. The van der Waals surface area contributed by atoms with Crippen molar-refractivity contribution < 1.29 is 10.2 Å². The summed E-state index contributed by atoms with van der Waals surface area (Å²) in [6.07, 6.45) is 0. The Kier molecular flexibility index (Phi) is 4.13. The van der Waals surface area contributed by atoms with Crippen molar-refractivity contribution in [1.29, 1.82) is 0 Å². The fraction of sp³-hybridized carbons (Fsp3) is 1.00. The van der Waals surface area contributed by atoms with Gasteiger partial charge < -0.3 is 15.5 Å². The average Bonchev–Trinajstić information content (AvgIpc) is 1.99. The highest BCUT2D eigenvalue weighted by Gasteiger charge is 2.35. The van der Waals surface area contributed by atoms with Crippen LogP contribution in [-0.2, 0) is 0 Å². The maximum Gasteiger partial charge on any atom is 0.0767 e. The zero-order valence-corrected chi connectivity index (χ0v) is 10.3. The average molecular weight is 203 g/mol. The standard InChI is InChI=1S/C11H25NO2/c1-9(2,8-13)7-12-10(3,4)11(5,6)14/h12-14H,7-8H2,1-6H3. The van der Waals surface area contributed by atoms with E-state index in [9.17, 15) is 5.11 Å². The summed E-state index contributed by atoms with van der Waals surface area (Å²) >= 11 is 0. The number of rotatable bonds is 5. The Hall–Kier alpha value is -0.120. The third-order valence-corrected chi connectivity index (χ3v) is 2.97. The molecule has 0 aliphatic rings. The van der Waals surface area contributed by atoms with Crippen LogP contribution in [0.4, 0.5) is 0 Å². The van der Waals surface area contributed by atoms with Gasteiger partial charge in [-0.1, -0.05) is 13.8 Å². The molecule has 0 heterocycles. The SMILES string of the molecule is CC(C)(CO)CNC(C)(C)C(C)(C)O. The van der Waals surface area contributed by atoms with E-state index >= 15 is 0 Å². The number of hydrogen-bond acceptors (Lipinski definition) is 3. The van der Waals surface area contributed by atoms with E-state index in [1.165, 1.54) is 0 Å². The van der Waals surface area contributed by atoms with E-state index in [1.54, 1.807) is 13.8 Å². The smallest absolute Gasteiger partial charge is 0.0767 e. The zero-order valence-electron chi connectivity index (χ0n) is 10.3. The molecule has 0 aromatic heterocycles. The minimum absolute atomic E-state index is 0.141. The lowest BCUT2D eigenvalue weighted by molar-refractivity contribution is -0.0108. The predicted octanol–water partition coefficient (Wildman–Crippen LogP) is 1.14. The lowest BCUT2D eigenvalue weighted by atomic mass is 9.84. The van der Waals surface area contributed by atoms with E-state index in [0.29, 0.717) is 6.54 Å². The van der Waals surface area contributed by atoms with Gasteiger partial charge in [0.2, 0.25) is 0 Å². The topological polar surface area (TPSA) is 52.5 Å². The predicted molar refractivity (Wildman–Crippen MR) is 59.2 cm³/mol. The van der Waals surface area contributed by atoms with Gasteiger partial charge in [-0.05, 0) is 27.7 Å². The molecule has 0 saturated heterocycles. The number of aliphatic hydroxyl groups is 2. The molecule has 86 valence electrons. The highest BCUT2D eigenvalue weighted by atomic mass is 16.3. The first-order valence-electron chi connectivity index (χ1n) is 5.10. The van der Waals surface area contributed by atoms with Crippen molar-refractivity contribution in [1.82, 2.24) is 5.32 Å². The Bertz CT molecular complexity index is 180. The molecule has 0 aliphatic heterocycles. The molecule has 0 fully saturated rings. The number of aliphatic hydroxyl groups excluding tert-OH is 1. The molecule has 0 spiro atoms. The summed E-state index contributed by atoms with van der Waals surface area (Å²) in [5, 5.41) is 22.3. The normalized spacial score (nSPS) is 14.6. The van der Waals surface area contributed by atoms with E-state index in [1.807, 2.05) is 27.7 Å². The van der Waals surface area contributed by atoms with E-state index in [-0.39, 0.29) is 17.6 Å². The fourth-order valence-corrected chi connectivity index (χ4v) is 0.732. The van der Waals surface area contributed by atoms with Gasteiger partial charge in [0.1, 0.15) is 0 Å². The van der Waals surface area contributed by atoms with Gasteiger partial charge in [0, 0.05) is 24.1 Å². The second-order valence-electron chi connectivity index (χ2n) is 5.86. The van der Waals surface area contributed by atoms with Crippen molar-refractivity contribution in [3.8, 4) is 0 Å². The minimum Gasteiger partial charge on any atom is -0.396 e. The Labute approximate surface area is 87.5 Å². The highest BCUT2D eigenvalue weighted by Crippen LogP contribution is 2.22. The van der Waals surface area contributed by atoms with Crippen LogP contribution in [0.25, 0.3) is 0 Å². The quantitative estimate of drug-likeness (QED) is 0.628. The summed E-state index contributed by atoms with van der Waals surface area (Å²) < 4.78 is 0. The lowest BCUT2D eigenvalue weighted by Gasteiger charge is -2.40. The molecule has 3 heteroatoms. The first-order valence-corrected chi connectivity index (χ1v) is 5.10. The molecule has 3 nitrogen and oxygen atoms in total. The molecule has 0 amide bonds. The monoisotopic (exact) mass is 203 g/mol. The van der Waals surface area contributed by atoms with Gasteiger partial charge in [0.25, 0.3) is 0 Å². The summed E-state index contributed by atoms with van der Waals surface area (Å²) in [5.41, 5.74) is -1.29. The Balaban J connectivity index is 4.27.